The third kappa shape index (κ3) is 1.07. The number of piperidine rings is 1. The summed E-state index contributed by atoms with van der Waals surface area (Å²) in [5.41, 5.74) is 2.82. The molecule has 2 aliphatic heterocycles. The largest absolute Gasteiger partial charge is 0.481 e. The van der Waals surface area contributed by atoms with E-state index in [-0.39, 0.29) is 11.5 Å². The number of likely N-dealkylation sites (tertiary alicyclic amines) is 1. The van der Waals surface area contributed by atoms with Gasteiger partial charge in [-0.05, 0) is 50.4 Å². The maximum Gasteiger partial charge on any atom is 0.174 e. The first-order valence-corrected chi connectivity index (χ1v) is 7.74. The molecular weight excluding hydrogens is 250 g/mol. The number of rotatable bonds is 0. The fourth-order valence-electron chi connectivity index (χ4n) is 5.49. The van der Waals surface area contributed by atoms with Crippen molar-refractivity contribution in [3.05, 3.63) is 29.3 Å². The van der Waals surface area contributed by atoms with Gasteiger partial charge in [0.25, 0.3) is 0 Å². The summed E-state index contributed by atoms with van der Waals surface area (Å²) in [5.74, 6) is 1.92. The van der Waals surface area contributed by atoms with Gasteiger partial charge in [0.2, 0.25) is 0 Å². The van der Waals surface area contributed by atoms with Crippen molar-refractivity contribution < 1.29 is 9.53 Å². The Morgan fingerprint density at radius 2 is 2.30 bits per heavy atom. The van der Waals surface area contributed by atoms with E-state index in [1.54, 1.807) is 0 Å². The lowest BCUT2D eigenvalue weighted by Gasteiger charge is -2.57. The Hall–Kier alpha value is -1.35. The Labute approximate surface area is 118 Å². The molecule has 20 heavy (non-hydrogen) atoms. The zero-order chi connectivity index (χ0) is 13.5. The summed E-state index contributed by atoms with van der Waals surface area (Å²) in [6.45, 7) is 1.09. The molecule has 0 N–H and O–H groups in total. The lowest BCUT2D eigenvalue weighted by atomic mass is 9.52. The highest BCUT2D eigenvalue weighted by Gasteiger charge is 2.64. The van der Waals surface area contributed by atoms with E-state index in [2.05, 4.69) is 30.1 Å². The van der Waals surface area contributed by atoms with E-state index in [4.69, 9.17) is 4.74 Å². The quantitative estimate of drug-likeness (QED) is 0.720. The Balaban J connectivity index is 1.82. The van der Waals surface area contributed by atoms with Gasteiger partial charge in [-0.1, -0.05) is 12.1 Å². The van der Waals surface area contributed by atoms with Gasteiger partial charge < -0.3 is 9.64 Å². The summed E-state index contributed by atoms with van der Waals surface area (Å²) in [5, 5.41) is 0. The third-order valence-corrected chi connectivity index (χ3v) is 6.28. The number of likely N-dealkylation sites (N-methyl/N-ethyl adjacent to an activating group) is 1. The number of hydrogen-bond acceptors (Lipinski definition) is 3. The van der Waals surface area contributed by atoms with Crippen LogP contribution in [-0.4, -0.2) is 36.4 Å². The lowest BCUT2D eigenvalue weighted by molar-refractivity contribution is -0.138. The zero-order valence-corrected chi connectivity index (χ0v) is 11.8. The van der Waals surface area contributed by atoms with Crippen molar-refractivity contribution in [2.24, 2.45) is 5.92 Å². The number of ketones is 1. The van der Waals surface area contributed by atoms with E-state index in [1.807, 2.05) is 0 Å². The molecule has 0 aromatic heterocycles. The molecular formula is C17H19NO2. The molecule has 3 heteroatoms. The van der Waals surface area contributed by atoms with Crippen molar-refractivity contribution in [3.8, 4) is 5.75 Å². The highest BCUT2D eigenvalue weighted by atomic mass is 16.5. The minimum absolute atomic E-state index is 0.00329. The number of carbonyl (C=O) groups excluding carboxylic acids is 1. The van der Waals surface area contributed by atoms with E-state index in [1.165, 1.54) is 11.1 Å². The maximum absolute atomic E-state index is 12.5. The zero-order valence-electron chi connectivity index (χ0n) is 11.8. The van der Waals surface area contributed by atoms with Gasteiger partial charge in [-0.2, -0.15) is 0 Å². The van der Waals surface area contributed by atoms with Crippen molar-refractivity contribution in [1.29, 1.82) is 0 Å². The van der Waals surface area contributed by atoms with Crippen LogP contribution >= 0.6 is 0 Å². The standard InChI is InChI=1S/C17H19NO2/c1-18-8-7-17-11-5-6-13(19)16(17)20-14-4-2-3-10(15(14)17)9-12(11)18/h2-4,11-12,16H,5-9H2,1H3/t11-,12+,16?,17-/m0/s1. The van der Waals surface area contributed by atoms with Crippen LogP contribution in [0.3, 0.4) is 0 Å². The van der Waals surface area contributed by atoms with Crippen LogP contribution in [0.15, 0.2) is 18.2 Å². The fourth-order valence-corrected chi connectivity index (χ4v) is 5.49. The van der Waals surface area contributed by atoms with Crippen LogP contribution in [0.1, 0.15) is 30.4 Å². The van der Waals surface area contributed by atoms with Crippen LogP contribution < -0.4 is 4.74 Å². The smallest absolute Gasteiger partial charge is 0.174 e. The molecule has 2 fully saturated rings. The Morgan fingerprint density at radius 3 is 3.20 bits per heavy atom. The van der Waals surface area contributed by atoms with Gasteiger partial charge >= 0.3 is 0 Å². The van der Waals surface area contributed by atoms with Crippen LogP contribution in [0.25, 0.3) is 0 Å². The molecule has 4 aliphatic rings. The number of nitrogens with zero attached hydrogens (tertiary/aromatic N) is 1. The van der Waals surface area contributed by atoms with Gasteiger partial charge in [-0.15, -0.1) is 0 Å². The van der Waals surface area contributed by atoms with Gasteiger partial charge in [0.15, 0.2) is 11.9 Å². The number of hydrogen-bond donors (Lipinski definition) is 0. The first-order chi connectivity index (χ1) is 9.72. The second-order valence-corrected chi connectivity index (χ2v) is 6.94. The molecule has 0 radical (unpaired) electrons. The monoisotopic (exact) mass is 269 g/mol. The second-order valence-electron chi connectivity index (χ2n) is 6.94. The number of benzene rings is 1. The lowest BCUT2D eigenvalue weighted by Crippen LogP contribution is -2.65. The van der Waals surface area contributed by atoms with Gasteiger partial charge in [0.1, 0.15) is 5.75 Å². The minimum atomic E-state index is -0.200. The topological polar surface area (TPSA) is 29.5 Å². The van der Waals surface area contributed by atoms with Crippen LogP contribution in [-0.2, 0) is 16.6 Å². The molecule has 1 saturated carbocycles. The number of carbonyl (C=O) groups is 1. The van der Waals surface area contributed by atoms with E-state index < -0.39 is 0 Å². The molecule has 104 valence electrons. The molecule has 0 amide bonds. The average molecular weight is 269 g/mol. The predicted molar refractivity (Wildman–Crippen MR) is 75.0 cm³/mol. The van der Waals surface area contributed by atoms with Crippen LogP contribution in [0.2, 0.25) is 0 Å². The molecule has 4 atom stereocenters. The van der Waals surface area contributed by atoms with Crippen molar-refractivity contribution in [2.75, 3.05) is 13.6 Å². The summed E-state index contributed by atoms with van der Waals surface area (Å²) < 4.78 is 6.16. The molecule has 2 heterocycles. The van der Waals surface area contributed by atoms with E-state index in [0.29, 0.717) is 24.2 Å². The fraction of sp³-hybridized carbons (Fsp3) is 0.588. The predicted octanol–water partition coefficient (Wildman–Crippen LogP) is 1.92. The van der Waals surface area contributed by atoms with Crippen molar-refractivity contribution in [1.82, 2.24) is 4.90 Å². The average Bonchev–Trinajstić information content (AvgIpc) is 2.79. The van der Waals surface area contributed by atoms with Crippen molar-refractivity contribution >= 4 is 5.78 Å². The van der Waals surface area contributed by atoms with E-state index >= 15 is 0 Å². The molecule has 1 saturated heterocycles. The Morgan fingerprint density at radius 1 is 1.40 bits per heavy atom. The minimum Gasteiger partial charge on any atom is -0.481 e. The molecule has 2 aliphatic carbocycles. The summed E-state index contributed by atoms with van der Waals surface area (Å²) in [6.07, 6.45) is 3.74. The highest BCUT2D eigenvalue weighted by Crippen LogP contribution is 2.61. The van der Waals surface area contributed by atoms with Gasteiger partial charge in [-0.3, -0.25) is 4.79 Å². The van der Waals surface area contributed by atoms with Crippen LogP contribution in [0.5, 0.6) is 5.75 Å². The molecule has 1 unspecified atom stereocenters. The third-order valence-electron chi connectivity index (χ3n) is 6.28. The molecule has 1 spiro atoms. The first kappa shape index (κ1) is 11.3. The van der Waals surface area contributed by atoms with E-state index in [9.17, 15) is 4.79 Å². The number of ether oxygens (including phenoxy) is 1. The Bertz CT molecular complexity index is 625. The summed E-state index contributed by atoms with van der Waals surface area (Å²) >= 11 is 0. The van der Waals surface area contributed by atoms with Crippen molar-refractivity contribution in [3.63, 3.8) is 0 Å². The first-order valence-electron chi connectivity index (χ1n) is 7.74. The molecule has 5 rings (SSSR count). The van der Waals surface area contributed by atoms with Crippen LogP contribution in [0.4, 0.5) is 0 Å². The molecule has 3 nitrogen and oxygen atoms in total. The van der Waals surface area contributed by atoms with Gasteiger partial charge in [0, 0.05) is 23.4 Å². The SMILES string of the molecule is CN1CC[C@]23c4c5cccc4OC2C(=O)CC[C@H]3[C@H]1C5. The summed E-state index contributed by atoms with van der Waals surface area (Å²) in [4.78, 5) is 15.0. The van der Waals surface area contributed by atoms with E-state index in [0.717, 1.165) is 31.6 Å². The molecule has 1 aromatic carbocycles. The molecule has 2 bridgehead atoms. The maximum atomic E-state index is 12.5. The summed E-state index contributed by atoms with van der Waals surface area (Å²) in [6, 6.07) is 6.98. The Kier molecular flexibility index (Phi) is 1.95. The van der Waals surface area contributed by atoms with Crippen molar-refractivity contribution in [2.45, 2.75) is 43.2 Å². The second kappa shape index (κ2) is 3.45. The highest BCUT2D eigenvalue weighted by molar-refractivity contribution is 5.88. The van der Waals surface area contributed by atoms with Crippen LogP contribution in [0, 0.1) is 5.92 Å². The molecule has 1 aromatic rings. The normalized spacial score (nSPS) is 41.2. The number of Topliss-reactive ketones (excluding diaryl/α,β-unsaturated/α-hetero) is 1. The summed E-state index contributed by atoms with van der Waals surface area (Å²) in [7, 11) is 2.24. The van der Waals surface area contributed by atoms with Gasteiger partial charge in [0.05, 0.1) is 0 Å². The van der Waals surface area contributed by atoms with Gasteiger partial charge in [-0.25, -0.2) is 0 Å².